The Morgan fingerprint density at radius 1 is 1.11 bits per heavy atom. The summed E-state index contributed by atoms with van der Waals surface area (Å²) in [6.45, 7) is 0.643. The molecular formula is C22H18N2O3. The van der Waals surface area contributed by atoms with E-state index in [-0.39, 0.29) is 11.8 Å². The highest BCUT2D eigenvalue weighted by atomic mass is 16.5. The molecule has 0 saturated carbocycles. The first kappa shape index (κ1) is 15.9. The van der Waals surface area contributed by atoms with Crippen molar-refractivity contribution in [3.63, 3.8) is 0 Å². The number of rotatable bonds is 3. The van der Waals surface area contributed by atoms with Crippen LogP contribution in [0.2, 0.25) is 0 Å². The number of hydrogen-bond acceptors (Lipinski definition) is 4. The third-order valence-corrected chi connectivity index (χ3v) is 5.28. The van der Waals surface area contributed by atoms with Gasteiger partial charge in [0.15, 0.2) is 11.3 Å². The molecule has 1 saturated heterocycles. The zero-order valence-corrected chi connectivity index (χ0v) is 14.9. The van der Waals surface area contributed by atoms with E-state index in [9.17, 15) is 4.79 Å². The van der Waals surface area contributed by atoms with Crippen molar-refractivity contribution in [2.75, 3.05) is 18.6 Å². The van der Waals surface area contributed by atoms with Crippen molar-refractivity contribution in [1.82, 2.24) is 4.98 Å². The topological polar surface area (TPSA) is 55.6 Å². The second-order valence-electron chi connectivity index (χ2n) is 6.77. The van der Waals surface area contributed by atoms with Gasteiger partial charge in [-0.3, -0.25) is 9.78 Å². The summed E-state index contributed by atoms with van der Waals surface area (Å²) in [5.74, 6) is 0.934. The zero-order valence-electron chi connectivity index (χ0n) is 14.9. The molecule has 4 aromatic rings. The van der Waals surface area contributed by atoms with Gasteiger partial charge in [-0.1, -0.05) is 24.3 Å². The van der Waals surface area contributed by atoms with Gasteiger partial charge < -0.3 is 14.1 Å². The van der Waals surface area contributed by atoms with E-state index in [1.165, 1.54) is 0 Å². The van der Waals surface area contributed by atoms with E-state index < -0.39 is 0 Å². The lowest BCUT2D eigenvalue weighted by Gasteiger charge is -2.17. The Morgan fingerprint density at radius 3 is 2.74 bits per heavy atom. The van der Waals surface area contributed by atoms with Crippen molar-refractivity contribution in [2.45, 2.75) is 12.3 Å². The number of pyridine rings is 1. The Hall–Kier alpha value is -3.34. The number of amides is 1. The molecule has 3 heterocycles. The summed E-state index contributed by atoms with van der Waals surface area (Å²) >= 11 is 0. The van der Waals surface area contributed by atoms with Crippen LogP contribution in [0.25, 0.3) is 21.9 Å². The average Bonchev–Trinajstić information content (AvgIpc) is 3.29. The van der Waals surface area contributed by atoms with Crippen molar-refractivity contribution in [2.24, 2.45) is 0 Å². The number of fused-ring (bicyclic) bond motifs is 3. The predicted molar refractivity (Wildman–Crippen MR) is 104 cm³/mol. The van der Waals surface area contributed by atoms with Crippen LogP contribution in [0.5, 0.6) is 5.75 Å². The highest BCUT2D eigenvalue weighted by Gasteiger charge is 2.33. The molecule has 1 amide bonds. The number of aromatic nitrogens is 1. The molecule has 1 aliphatic heterocycles. The summed E-state index contributed by atoms with van der Waals surface area (Å²) in [6, 6.07) is 15.7. The number of methoxy groups -OCH3 is 1. The van der Waals surface area contributed by atoms with Gasteiger partial charge in [0.2, 0.25) is 5.91 Å². The molecule has 1 aliphatic rings. The van der Waals surface area contributed by atoms with E-state index in [1.807, 2.05) is 41.3 Å². The number of benzene rings is 2. The normalized spacial score (nSPS) is 17.1. The highest BCUT2D eigenvalue weighted by molar-refractivity contribution is 6.09. The first-order valence-electron chi connectivity index (χ1n) is 8.95. The maximum atomic E-state index is 12.7. The third-order valence-electron chi connectivity index (χ3n) is 5.28. The van der Waals surface area contributed by atoms with Crippen molar-refractivity contribution < 1.29 is 13.9 Å². The maximum absolute atomic E-state index is 12.7. The van der Waals surface area contributed by atoms with Crippen molar-refractivity contribution >= 4 is 33.5 Å². The summed E-state index contributed by atoms with van der Waals surface area (Å²) in [7, 11) is 1.64. The number of anilines is 1. The molecule has 1 atom stereocenters. The molecule has 134 valence electrons. The monoisotopic (exact) mass is 358 g/mol. The summed E-state index contributed by atoms with van der Waals surface area (Å²) in [5, 5.41) is 2.09. The van der Waals surface area contributed by atoms with Crippen molar-refractivity contribution in [1.29, 1.82) is 0 Å². The van der Waals surface area contributed by atoms with E-state index in [4.69, 9.17) is 9.15 Å². The van der Waals surface area contributed by atoms with Crippen LogP contribution >= 0.6 is 0 Å². The molecule has 5 heteroatoms. The largest absolute Gasteiger partial charge is 0.493 e. The van der Waals surface area contributed by atoms with Crippen LogP contribution in [0.1, 0.15) is 17.9 Å². The van der Waals surface area contributed by atoms with Crippen LogP contribution < -0.4 is 9.64 Å². The van der Waals surface area contributed by atoms with Crippen LogP contribution in [0.15, 0.2) is 65.3 Å². The first-order valence-corrected chi connectivity index (χ1v) is 8.95. The molecule has 0 bridgehead atoms. The second kappa shape index (κ2) is 6.13. The van der Waals surface area contributed by atoms with Crippen LogP contribution in [0.4, 0.5) is 5.69 Å². The number of furan rings is 1. The molecular weight excluding hydrogens is 340 g/mol. The van der Waals surface area contributed by atoms with Crippen LogP contribution in [0, 0.1) is 0 Å². The molecule has 1 unspecified atom stereocenters. The minimum Gasteiger partial charge on any atom is -0.493 e. The molecule has 0 radical (unpaired) electrons. The van der Waals surface area contributed by atoms with Crippen molar-refractivity contribution in [3.8, 4) is 5.75 Å². The molecule has 2 aromatic heterocycles. The number of nitrogens with zero attached hydrogens (tertiary/aromatic N) is 2. The Kier molecular flexibility index (Phi) is 3.60. The summed E-state index contributed by atoms with van der Waals surface area (Å²) in [6.07, 6.45) is 3.90. The molecule has 27 heavy (non-hydrogen) atoms. The fourth-order valence-corrected chi connectivity index (χ4v) is 4.02. The van der Waals surface area contributed by atoms with Gasteiger partial charge in [-0.05, 0) is 29.8 Å². The van der Waals surface area contributed by atoms with Gasteiger partial charge in [-0.2, -0.15) is 0 Å². The number of carbonyl (C=O) groups excluding carboxylic acids is 1. The van der Waals surface area contributed by atoms with Gasteiger partial charge in [0.1, 0.15) is 5.58 Å². The van der Waals surface area contributed by atoms with Crippen molar-refractivity contribution in [3.05, 3.63) is 66.5 Å². The number of carbonyl (C=O) groups is 1. The van der Waals surface area contributed by atoms with Gasteiger partial charge >= 0.3 is 0 Å². The minimum absolute atomic E-state index is 0.0973. The number of ether oxygens (including phenoxy) is 1. The summed E-state index contributed by atoms with van der Waals surface area (Å²) in [4.78, 5) is 18.6. The van der Waals surface area contributed by atoms with Gasteiger partial charge in [-0.25, -0.2) is 0 Å². The molecule has 2 aromatic carbocycles. The molecule has 0 N–H and O–H groups in total. The Balaban J connectivity index is 1.64. The minimum atomic E-state index is 0.0973. The average molecular weight is 358 g/mol. The van der Waals surface area contributed by atoms with Gasteiger partial charge in [0.25, 0.3) is 0 Å². The fraction of sp³-hybridized carbons (Fsp3) is 0.182. The molecule has 5 nitrogen and oxygen atoms in total. The highest BCUT2D eigenvalue weighted by Crippen LogP contribution is 2.42. The summed E-state index contributed by atoms with van der Waals surface area (Å²) < 4.78 is 11.6. The predicted octanol–water partition coefficient (Wildman–Crippen LogP) is 4.51. The maximum Gasteiger partial charge on any atom is 0.227 e. The molecule has 5 rings (SSSR count). The van der Waals surface area contributed by atoms with Gasteiger partial charge in [0, 0.05) is 47.7 Å². The number of para-hydroxylation sites is 1. The van der Waals surface area contributed by atoms with Gasteiger partial charge in [-0.15, -0.1) is 0 Å². The van der Waals surface area contributed by atoms with E-state index in [1.54, 1.807) is 19.5 Å². The molecule has 1 fully saturated rings. The lowest BCUT2D eigenvalue weighted by molar-refractivity contribution is -0.117. The van der Waals surface area contributed by atoms with Gasteiger partial charge in [0.05, 0.1) is 7.11 Å². The lowest BCUT2D eigenvalue weighted by atomic mass is 9.93. The Labute approximate surface area is 156 Å². The quantitative estimate of drug-likeness (QED) is 0.541. The number of hydrogen-bond donors (Lipinski definition) is 0. The van der Waals surface area contributed by atoms with E-state index in [2.05, 4.69) is 17.1 Å². The smallest absolute Gasteiger partial charge is 0.227 e. The van der Waals surface area contributed by atoms with Crippen LogP contribution in [0.3, 0.4) is 0 Å². The first-order chi connectivity index (χ1) is 13.3. The molecule has 0 aliphatic carbocycles. The van der Waals surface area contributed by atoms with E-state index in [0.717, 1.165) is 33.2 Å². The fourth-order valence-electron chi connectivity index (χ4n) is 4.02. The van der Waals surface area contributed by atoms with Crippen LogP contribution in [-0.4, -0.2) is 24.5 Å². The third kappa shape index (κ3) is 2.46. The Bertz CT molecular complexity index is 1150. The summed E-state index contributed by atoms with van der Waals surface area (Å²) in [5.41, 5.74) is 3.58. The SMILES string of the molecule is COc1ccc(C2CC(=O)N(c3ccncc3)C2)c2c1oc1ccccc12. The van der Waals surface area contributed by atoms with Crippen LogP contribution in [-0.2, 0) is 4.79 Å². The molecule has 0 spiro atoms. The van der Waals surface area contributed by atoms with E-state index in [0.29, 0.717) is 18.7 Å². The Morgan fingerprint density at radius 2 is 1.93 bits per heavy atom. The zero-order chi connectivity index (χ0) is 18.4. The lowest BCUT2D eigenvalue weighted by Crippen LogP contribution is -2.24. The second-order valence-corrected chi connectivity index (χ2v) is 6.77. The van der Waals surface area contributed by atoms with E-state index >= 15 is 0 Å². The standard InChI is InChI=1S/C22H18N2O3/c1-26-19-7-6-16(21-17-4-2-3-5-18(17)27-22(19)21)14-12-20(25)24(13-14)15-8-10-23-11-9-15/h2-11,14H,12-13H2,1H3.